The van der Waals surface area contributed by atoms with Crippen LogP contribution in [0.3, 0.4) is 0 Å². The Labute approximate surface area is 136 Å². The van der Waals surface area contributed by atoms with E-state index in [0.717, 1.165) is 0 Å². The Bertz CT molecular complexity index is 655. The molecule has 1 aromatic heterocycles. The summed E-state index contributed by atoms with van der Waals surface area (Å²) in [6.07, 6.45) is 2.25. The van der Waals surface area contributed by atoms with E-state index in [1.54, 1.807) is 21.0 Å². The van der Waals surface area contributed by atoms with Crippen LogP contribution in [0.1, 0.15) is 34.7 Å². The van der Waals surface area contributed by atoms with Crippen LogP contribution in [0, 0.1) is 13.8 Å². The van der Waals surface area contributed by atoms with E-state index in [1.165, 1.54) is 10.6 Å². The molecule has 1 saturated heterocycles. The van der Waals surface area contributed by atoms with E-state index < -0.39 is 15.6 Å². The average molecular weight is 345 g/mol. The summed E-state index contributed by atoms with van der Waals surface area (Å²) in [5.74, 6) is 0.210. The second-order valence-electron chi connectivity index (χ2n) is 5.93. The Kier molecular flexibility index (Phi) is 5.12. The van der Waals surface area contributed by atoms with Gasteiger partial charge in [-0.25, -0.2) is 12.7 Å². The SMILES string of the molecule is COC1(CNC(=O)c2c(C)noc2C)CCN(S(C)(=O)=O)CC1. The highest BCUT2D eigenvalue weighted by Crippen LogP contribution is 2.26. The fourth-order valence-corrected chi connectivity index (χ4v) is 3.66. The lowest BCUT2D eigenvalue weighted by atomic mass is 9.92. The van der Waals surface area contributed by atoms with Gasteiger partial charge in [0.15, 0.2) is 0 Å². The van der Waals surface area contributed by atoms with E-state index in [0.29, 0.717) is 49.5 Å². The van der Waals surface area contributed by atoms with Gasteiger partial charge in [-0.1, -0.05) is 5.16 Å². The minimum atomic E-state index is -3.19. The van der Waals surface area contributed by atoms with Gasteiger partial charge >= 0.3 is 0 Å². The molecular weight excluding hydrogens is 322 g/mol. The summed E-state index contributed by atoms with van der Waals surface area (Å²) in [4.78, 5) is 12.3. The Hall–Kier alpha value is -1.45. The Morgan fingerprint density at radius 3 is 2.43 bits per heavy atom. The molecule has 23 heavy (non-hydrogen) atoms. The monoisotopic (exact) mass is 345 g/mol. The molecule has 9 heteroatoms. The first-order chi connectivity index (χ1) is 10.7. The van der Waals surface area contributed by atoms with Crippen molar-refractivity contribution in [3.05, 3.63) is 17.0 Å². The van der Waals surface area contributed by atoms with Crippen LogP contribution < -0.4 is 5.32 Å². The maximum Gasteiger partial charge on any atom is 0.256 e. The summed E-state index contributed by atoms with van der Waals surface area (Å²) in [5, 5.41) is 6.62. The number of nitrogens with one attached hydrogen (secondary N) is 1. The van der Waals surface area contributed by atoms with Crippen LogP contribution in [-0.4, -0.2) is 62.4 Å². The van der Waals surface area contributed by atoms with Crippen molar-refractivity contribution in [1.29, 1.82) is 0 Å². The van der Waals surface area contributed by atoms with Crippen molar-refractivity contribution in [3.8, 4) is 0 Å². The molecule has 0 atom stereocenters. The number of aromatic nitrogens is 1. The molecule has 1 amide bonds. The summed E-state index contributed by atoms with van der Waals surface area (Å²) in [7, 11) is -1.61. The molecule has 0 aliphatic carbocycles. The number of ether oxygens (including phenoxy) is 1. The molecule has 8 nitrogen and oxygen atoms in total. The molecule has 0 radical (unpaired) electrons. The third-order valence-corrected chi connectivity index (χ3v) is 5.67. The van der Waals surface area contributed by atoms with E-state index >= 15 is 0 Å². The number of methoxy groups -OCH3 is 1. The van der Waals surface area contributed by atoms with Crippen LogP contribution in [0.15, 0.2) is 4.52 Å². The van der Waals surface area contributed by atoms with Gasteiger partial charge in [-0.15, -0.1) is 0 Å². The van der Waals surface area contributed by atoms with Crippen molar-refractivity contribution in [2.75, 3.05) is 33.0 Å². The zero-order valence-electron chi connectivity index (χ0n) is 13.9. The second-order valence-corrected chi connectivity index (χ2v) is 7.91. The fourth-order valence-electron chi connectivity index (χ4n) is 2.82. The number of nitrogens with zero attached hydrogens (tertiary/aromatic N) is 2. The van der Waals surface area contributed by atoms with Crippen molar-refractivity contribution in [3.63, 3.8) is 0 Å². The van der Waals surface area contributed by atoms with E-state index in [1.807, 2.05) is 0 Å². The summed E-state index contributed by atoms with van der Waals surface area (Å²) < 4.78 is 35.2. The quantitative estimate of drug-likeness (QED) is 0.832. The van der Waals surface area contributed by atoms with Gasteiger partial charge in [0.2, 0.25) is 10.0 Å². The van der Waals surface area contributed by atoms with Gasteiger partial charge in [-0.3, -0.25) is 4.79 Å². The molecule has 0 aromatic carbocycles. The molecule has 1 N–H and O–H groups in total. The van der Waals surface area contributed by atoms with E-state index in [9.17, 15) is 13.2 Å². The van der Waals surface area contributed by atoms with Gasteiger partial charge in [-0.2, -0.15) is 0 Å². The molecule has 2 heterocycles. The van der Waals surface area contributed by atoms with Crippen molar-refractivity contribution < 1.29 is 22.5 Å². The maximum absolute atomic E-state index is 12.3. The highest BCUT2D eigenvalue weighted by atomic mass is 32.2. The number of piperidine rings is 1. The molecular formula is C14H23N3O5S. The molecule has 0 saturated carbocycles. The molecule has 1 fully saturated rings. The molecule has 0 unspecified atom stereocenters. The lowest BCUT2D eigenvalue weighted by molar-refractivity contribution is -0.0424. The zero-order chi connectivity index (χ0) is 17.3. The van der Waals surface area contributed by atoms with Gasteiger partial charge in [0.25, 0.3) is 5.91 Å². The topological polar surface area (TPSA) is 102 Å². The molecule has 1 aromatic rings. The summed E-state index contributed by atoms with van der Waals surface area (Å²) in [6, 6.07) is 0. The minimum Gasteiger partial charge on any atom is -0.376 e. The molecule has 0 bridgehead atoms. The number of aryl methyl sites for hydroxylation is 2. The first-order valence-corrected chi connectivity index (χ1v) is 9.25. The van der Waals surface area contributed by atoms with E-state index in [2.05, 4.69) is 10.5 Å². The number of sulfonamides is 1. The minimum absolute atomic E-state index is 0.261. The van der Waals surface area contributed by atoms with Crippen LogP contribution in [-0.2, 0) is 14.8 Å². The summed E-state index contributed by atoms with van der Waals surface area (Å²) >= 11 is 0. The van der Waals surface area contributed by atoms with E-state index in [-0.39, 0.29) is 5.91 Å². The molecule has 0 spiro atoms. The largest absolute Gasteiger partial charge is 0.376 e. The first kappa shape index (κ1) is 17.9. The Balaban J connectivity index is 2.00. The molecule has 2 rings (SSSR count). The number of rotatable bonds is 5. The van der Waals surface area contributed by atoms with Crippen LogP contribution in [0.4, 0.5) is 0 Å². The number of carbonyl (C=O) groups excluding carboxylic acids is 1. The summed E-state index contributed by atoms with van der Waals surface area (Å²) in [5.41, 5.74) is 0.415. The first-order valence-electron chi connectivity index (χ1n) is 7.40. The van der Waals surface area contributed by atoms with Gasteiger partial charge in [0, 0.05) is 26.7 Å². The van der Waals surface area contributed by atoms with Crippen LogP contribution in [0.2, 0.25) is 0 Å². The maximum atomic E-state index is 12.3. The normalized spacial score (nSPS) is 18.8. The van der Waals surface area contributed by atoms with Crippen molar-refractivity contribution >= 4 is 15.9 Å². The number of hydrogen-bond acceptors (Lipinski definition) is 6. The standard InChI is InChI=1S/C14H23N3O5S/c1-10-12(11(2)22-16-10)13(18)15-9-14(21-3)5-7-17(8-6-14)23(4,19)20/h5-9H2,1-4H3,(H,15,18). The molecule has 1 aliphatic heterocycles. The second kappa shape index (κ2) is 6.58. The highest BCUT2D eigenvalue weighted by Gasteiger charge is 2.37. The molecule has 1 aliphatic rings. The van der Waals surface area contributed by atoms with Crippen molar-refractivity contribution in [2.45, 2.75) is 32.3 Å². The fraction of sp³-hybridized carbons (Fsp3) is 0.714. The summed E-state index contributed by atoms with van der Waals surface area (Å²) in [6.45, 7) is 4.47. The van der Waals surface area contributed by atoms with E-state index in [4.69, 9.17) is 9.26 Å². The van der Waals surface area contributed by atoms with Crippen LogP contribution in [0.5, 0.6) is 0 Å². The Morgan fingerprint density at radius 1 is 1.39 bits per heavy atom. The average Bonchev–Trinajstić information content (AvgIpc) is 2.83. The predicted molar refractivity (Wildman–Crippen MR) is 83.7 cm³/mol. The lowest BCUT2D eigenvalue weighted by Crippen LogP contribution is -2.53. The highest BCUT2D eigenvalue weighted by molar-refractivity contribution is 7.88. The third-order valence-electron chi connectivity index (χ3n) is 4.37. The van der Waals surface area contributed by atoms with Gasteiger partial charge < -0.3 is 14.6 Å². The van der Waals surface area contributed by atoms with Crippen molar-refractivity contribution in [1.82, 2.24) is 14.8 Å². The van der Waals surface area contributed by atoms with Crippen LogP contribution >= 0.6 is 0 Å². The number of hydrogen-bond donors (Lipinski definition) is 1. The Morgan fingerprint density at radius 2 is 2.00 bits per heavy atom. The molecule has 130 valence electrons. The zero-order valence-corrected chi connectivity index (χ0v) is 14.7. The number of amides is 1. The smallest absolute Gasteiger partial charge is 0.256 e. The van der Waals surface area contributed by atoms with Crippen LogP contribution in [0.25, 0.3) is 0 Å². The predicted octanol–water partition coefficient (Wildman–Crippen LogP) is 0.462. The third kappa shape index (κ3) is 3.91. The van der Waals surface area contributed by atoms with Gasteiger partial charge in [-0.05, 0) is 26.7 Å². The van der Waals surface area contributed by atoms with Gasteiger partial charge in [0.05, 0.1) is 17.6 Å². The number of carbonyl (C=O) groups is 1. The van der Waals surface area contributed by atoms with Crippen molar-refractivity contribution in [2.24, 2.45) is 0 Å². The van der Waals surface area contributed by atoms with Gasteiger partial charge in [0.1, 0.15) is 11.3 Å². The lowest BCUT2D eigenvalue weighted by Gasteiger charge is -2.39.